The van der Waals surface area contributed by atoms with Gasteiger partial charge in [0.1, 0.15) is 5.82 Å². The Kier molecular flexibility index (Phi) is 8.47. The van der Waals surface area contributed by atoms with Gasteiger partial charge in [-0.1, -0.05) is 24.0 Å². The smallest absolute Gasteiger partial charge is 0.264 e. The Balaban J connectivity index is 1.48. The zero-order valence-corrected chi connectivity index (χ0v) is 22.1. The highest BCUT2D eigenvalue weighted by Crippen LogP contribution is 2.25. The van der Waals surface area contributed by atoms with Crippen LogP contribution in [-0.2, 0) is 37.4 Å². The molecule has 2 heterocycles. The first-order valence-electron chi connectivity index (χ1n) is 12.3. The summed E-state index contributed by atoms with van der Waals surface area (Å²) in [4.78, 5) is 18.2. The van der Waals surface area contributed by atoms with Crippen molar-refractivity contribution < 1.29 is 32.3 Å². The van der Waals surface area contributed by atoms with E-state index in [2.05, 4.69) is 22.4 Å². The lowest BCUT2D eigenvalue weighted by molar-refractivity contribution is -0.201. The molecule has 2 atom stereocenters. The molecule has 1 amide bonds. The molecule has 1 aromatic heterocycles. The molecule has 0 radical (unpaired) electrons. The lowest BCUT2D eigenvalue weighted by Crippen LogP contribution is -2.51. The third-order valence-corrected chi connectivity index (χ3v) is 8.71. The quantitative estimate of drug-likeness (QED) is 0.331. The molecule has 0 aliphatic carbocycles. The number of hydrogen-bond acceptors (Lipinski definition) is 7. The number of sulfone groups is 1. The van der Waals surface area contributed by atoms with E-state index < -0.39 is 32.6 Å². The summed E-state index contributed by atoms with van der Waals surface area (Å²) >= 11 is 0. The number of hydrogen-bond donors (Lipinski definition) is 2. The molecule has 1 fully saturated rings. The minimum atomic E-state index is -3.85. The number of rotatable bonds is 8. The number of aryl methyl sites for hydroxylation is 1. The van der Waals surface area contributed by atoms with E-state index in [1.807, 2.05) is 0 Å². The van der Waals surface area contributed by atoms with Crippen molar-refractivity contribution in [2.45, 2.75) is 56.8 Å². The fourth-order valence-corrected chi connectivity index (χ4v) is 4.82. The van der Waals surface area contributed by atoms with Crippen molar-refractivity contribution >= 4 is 26.6 Å². The summed E-state index contributed by atoms with van der Waals surface area (Å²) in [6.07, 6.45) is 4.12. The molecular weight excluding hydrogens is 513 g/mol. The van der Waals surface area contributed by atoms with Gasteiger partial charge in [0.05, 0.1) is 23.1 Å². The molecule has 0 bridgehead atoms. The van der Waals surface area contributed by atoms with Crippen LogP contribution in [0.4, 0.5) is 4.39 Å². The van der Waals surface area contributed by atoms with Gasteiger partial charge in [0.25, 0.3) is 5.91 Å². The molecule has 2 unspecified atom stereocenters. The van der Waals surface area contributed by atoms with Crippen LogP contribution in [0.1, 0.15) is 49.3 Å². The second-order valence-corrected chi connectivity index (χ2v) is 11.9. The summed E-state index contributed by atoms with van der Waals surface area (Å²) in [6, 6.07) is 10.1. The first-order valence-corrected chi connectivity index (χ1v) is 14.1. The second kappa shape index (κ2) is 11.6. The number of hydroxylamine groups is 1. The Hall–Kier alpha value is -3.30. The summed E-state index contributed by atoms with van der Waals surface area (Å²) in [5, 5.41) is 13.7. The standard InChI is InChI=1S/C27H30FN3O6S/c1-27(38(2,34)35,26(33)30-37-24-5-3-4-16-36-24)14-15-31-17-22-23(29-31)13-12-21(25(22)28)11-10-19-6-8-20(18-32)9-7-19/h6-9,12-13,17,24,32H,3-5,14-16,18H2,1-2H3,(H,30,33). The van der Waals surface area contributed by atoms with Crippen LogP contribution >= 0.6 is 0 Å². The van der Waals surface area contributed by atoms with Gasteiger partial charge in [0.15, 0.2) is 20.9 Å². The van der Waals surface area contributed by atoms with Crippen LogP contribution in [0.5, 0.6) is 0 Å². The minimum Gasteiger partial charge on any atom is -0.392 e. The molecule has 0 saturated carbocycles. The van der Waals surface area contributed by atoms with Crippen molar-refractivity contribution in [3.05, 3.63) is 65.1 Å². The van der Waals surface area contributed by atoms with E-state index in [-0.39, 0.29) is 30.5 Å². The van der Waals surface area contributed by atoms with Crippen LogP contribution < -0.4 is 5.48 Å². The summed E-state index contributed by atoms with van der Waals surface area (Å²) < 4.78 is 45.4. The molecule has 2 N–H and O–H groups in total. The van der Waals surface area contributed by atoms with E-state index in [0.717, 1.165) is 24.7 Å². The Bertz CT molecular complexity index is 1470. The molecule has 9 nitrogen and oxygen atoms in total. The maximum absolute atomic E-state index is 15.2. The van der Waals surface area contributed by atoms with E-state index in [1.54, 1.807) is 30.3 Å². The molecule has 1 aliphatic heterocycles. The summed E-state index contributed by atoms with van der Waals surface area (Å²) in [6.45, 7) is 1.81. The maximum atomic E-state index is 15.2. The van der Waals surface area contributed by atoms with E-state index in [0.29, 0.717) is 24.1 Å². The van der Waals surface area contributed by atoms with E-state index in [1.165, 1.54) is 23.9 Å². The highest BCUT2D eigenvalue weighted by molar-refractivity contribution is 7.92. The van der Waals surface area contributed by atoms with Crippen LogP contribution in [-0.4, -0.2) is 53.1 Å². The molecule has 1 aliphatic rings. The van der Waals surface area contributed by atoms with Crippen LogP contribution in [0.15, 0.2) is 42.6 Å². The number of nitrogens with one attached hydrogen (secondary N) is 1. The van der Waals surface area contributed by atoms with Gasteiger partial charge in [0, 0.05) is 37.6 Å². The predicted molar refractivity (Wildman–Crippen MR) is 139 cm³/mol. The number of aromatic nitrogens is 2. The van der Waals surface area contributed by atoms with Crippen LogP contribution in [0.3, 0.4) is 0 Å². The first-order chi connectivity index (χ1) is 18.1. The van der Waals surface area contributed by atoms with Crippen LogP contribution in [0.25, 0.3) is 10.9 Å². The largest absolute Gasteiger partial charge is 0.392 e. The van der Waals surface area contributed by atoms with Gasteiger partial charge in [-0.05, 0) is 56.0 Å². The molecule has 38 heavy (non-hydrogen) atoms. The van der Waals surface area contributed by atoms with Gasteiger partial charge in [-0.3, -0.25) is 9.48 Å². The van der Waals surface area contributed by atoms with Gasteiger partial charge in [-0.2, -0.15) is 5.10 Å². The Morgan fingerprint density at radius 3 is 2.68 bits per heavy atom. The van der Waals surface area contributed by atoms with Gasteiger partial charge < -0.3 is 9.84 Å². The first kappa shape index (κ1) is 27.7. The number of carbonyl (C=O) groups excluding carboxylic acids is 1. The van der Waals surface area contributed by atoms with E-state index >= 15 is 4.39 Å². The van der Waals surface area contributed by atoms with Crippen molar-refractivity contribution in [2.75, 3.05) is 12.9 Å². The molecule has 0 spiro atoms. The average molecular weight is 544 g/mol. The predicted octanol–water partition coefficient (Wildman–Crippen LogP) is 2.84. The summed E-state index contributed by atoms with van der Waals surface area (Å²) in [7, 11) is -3.85. The minimum absolute atomic E-state index is 0.0449. The zero-order chi connectivity index (χ0) is 27.3. The molecule has 1 saturated heterocycles. The number of amides is 1. The third-order valence-electron chi connectivity index (χ3n) is 6.69. The van der Waals surface area contributed by atoms with Crippen molar-refractivity contribution in [3.8, 4) is 11.8 Å². The second-order valence-electron chi connectivity index (χ2n) is 9.46. The number of aliphatic hydroxyl groups excluding tert-OH is 1. The van der Waals surface area contributed by atoms with Crippen LogP contribution in [0, 0.1) is 17.7 Å². The lowest BCUT2D eigenvalue weighted by Gasteiger charge is -2.28. The van der Waals surface area contributed by atoms with E-state index in [9.17, 15) is 13.2 Å². The van der Waals surface area contributed by atoms with Crippen molar-refractivity contribution in [1.29, 1.82) is 0 Å². The van der Waals surface area contributed by atoms with E-state index in [4.69, 9.17) is 14.7 Å². The highest BCUT2D eigenvalue weighted by atomic mass is 32.2. The monoisotopic (exact) mass is 543 g/mol. The lowest BCUT2D eigenvalue weighted by atomic mass is 10.1. The Morgan fingerprint density at radius 1 is 1.26 bits per heavy atom. The fraction of sp³-hybridized carbons (Fsp3) is 0.407. The Labute approximate surface area is 220 Å². The summed E-state index contributed by atoms with van der Waals surface area (Å²) in [5.41, 5.74) is 4.25. The number of nitrogens with zero attached hydrogens (tertiary/aromatic N) is 2. The molecule has 3 aromatic rings. The molecule has 11 heteroatoms. The number of benzene rings is 2. The fourth-order valence-electron chi connectivity index (χ4n) is 3.98. The normalized spacial score (nSPS) is 17.4. The third kappa shape index (κ3) is 6.22. The molecular formula is C27H30FN3O6S. The zero-order valence-electron chi connectivity index (χ0n) is 21.2. The van der Waals surface area contributed by atoms with Gasteiger partial charge in [0.2, 0.25) is 0 Å². The number of carbonyl (C=O) groups is 1. The topological polar surface area (TPSA) is 120 Å². The number of fused-ring (bicyclic) bond motifs is 1. The number of ether oxygens (including phenoxy) is 1. The maximum Gasteiger partial charge on any atom is 0.264 e. The highest BCUT2D eigenvalue weighted by Gasteiger charge is 2.44. The van der Waals surface area contributed by atoms with Gasteiger partial charge >= 0.3 is 0 Å². The van der Waals surface area contributed by atoms with Gasteiger partial charge in [-0.15, -0.1) is 0 Å². The van der Waals surface area contributed by atoms with Crippen molar-refractivity contribution in [3.63, 3.8) is 0 Å². The SMILES string of the molecule is CC(CCn1cc2c(F)c(C#Cc3ccc(CO)cc3)ccc2n1)(C(=O)NOC1CCCCO1)S(C)(=O)=O. The Morgan fingerprint density at radius 2 is 2.03 bits per heavy atom. The molecule has 4 rings (SSSR count). The van der Waals surface area contributed by atoms with Crippen molar-refractivity contribution in [2.24, 2.45) is 0 Å². The molecule has 202 valence electrons. The van der Waals surface area contributed by atoms with Crippen LogP contribution in [0.2, 0.25) is 0 Å². The summed E-state index contributed by atoms with van der Waals surface area (Å²) in [5.74, 6) is 4.38. The van der Waals surface area contributed by atoms with Crippen molar-refractivity contribution in [1.82, 2.24) is 15.3 Å². The van der Waals surface area contributed by atoms with Gasteiger partial charge in [-0.25, -0.2) is 23.1 Å². The molecule has 2 aromatic carbocycles. The number of aliphatic hydroxyl groups is 1. The average Bonchev–Trinajstić information content (AvgIpc) is 3.34. The number of halogens is 1.